The van der Waals surface area contributed by atoms with E-state index in [1.165, 1.54) is 11.8 Å². The molecule has 3 nitrogen and oxygen atoms in total. The maximum Gasteiger partial charge on any atom is 0.319 e. The molecule has 1 heterocycles. The summed E-state index contributed by atoms with van der Waals surface area (Å²) in [5.74, 6) is -0.121. The molecule has 2 rings (SSSR count). The van der Waals surface area contributed by atoms with Gasteiger partial charge in [0.2, 0.25) is 0 Å². The number of esters is 1. The van der Waals surface area contributed by atoms with Crippen LogP contribution in [0.15, 0.2) is 29.2 Å². The third-order valence-corrected chi connectivity index (χ3v) is 3.79. The standard InChI is InChI=1S/C12H14O3S/c1-8(13)9-2-4-10(5-3-9)16-11-6-7-15-12(11)14/h2-5,8,11,13H,6-7H2,1H3/t8-,11-/m0/s1. The number of cyclic esters (lactones) is 1. The van der Waals surface area contributed by atoms with Gasteiger partial charge in [-0.2, -0.15) is 0 Å². The molecule has 0 aromatic heterocycles. The molecule has 1 aromatic carbocycles. The van der Waals surface area contributed by atoms with Gasteiger partial charge in [0.05, 0.1) is 12.7 Å². The quantitative estimate of drug-likeness (QED) is 0.820. The Morgan fingerprint density at radius 3 is 2.62 bits per heavy atom. The van der Waals surface area contributed by atoms with E-state index >= 15 is 0 Å². The minimum atomic E-state index is -0.449. The summed E-state index contributed by atoms with van der Waals surface area (Å²) < 4.78 is 4.90. The molecule has 1 N–H and O–H groups in total. The molecule has 4 heteroatoms. The van der Waals surface area contributed by atoms with E-state index in [4.69, 9.17) is 4.74 Å². The first-order chi connectivity index (χ1) is 7.66. The second kappa shape index (κ2) is 4.89. The molecule has 0 unspecified atom stereocenters. The fourth-order valence-corrected chi connectivity index (χ4v) is 2.57. The second-order valence-electron chi connectivity index (χ2n) is 3.81. The molecule has 16 heavy (non-hydrogen) atoms. The number of aliphatic hydroxyl groups is 1. The molecule has 1 aliphatic heterocycles. The van der Waals surface area contributed by atoms with Crippen LogP contribution in [0.2, 0.25) is 0 Å². The van der Waals surface area contributed by atoms with E-state index in [0.29, 0.717) is 6.61 Å². The molecule has 1 saturated heterocycles. The molecular formula is C12H14O3S. The van der Waals surface area contributed by atoms with Crippen LogP contribution in [0.25, 0.3) is 0 Å². The lowest BCUT2D eigenvalue weighted by Gasteiger charge is -2.08. The fraction of sp³-hybridized carbons (Fsp3) is 0.417. The Labute approximate surface area is 98.8 Å². The van der Waals surface area contributed by atoms with Crippen molar-refractivity contribution in [3.05, 3.63) is 29.8 Å². The van der Waals surface area contributed by atoms with Crippen molar-refractivity contribution in [3.63, 3.8) is 0 Å². The normalized spacial score (nSPS) is 21.9. The largest absolute Gasteiger partial charge is 0.465 e. The molecule has 1 fully saturated rings. The molecule has 0 spiro atoms. The molecule has 0 aliphatic carbocycles. The summed E-state index contributed by atoms with van der Waals surface area (Å²) in [6.07, 6.45) is 0.331. The van der Waals surface area contributed by atoms with Gasteiger partial charge in [-0.05, 0) is 24.6 Å². The smallest absolute Gasteiger partial charge is 0.319 e. The van der Waals surface area contributed by atoms with E-state index < -0.39 is 6.10 Å². The minimum Gasteiger partial charge on any atom is -0.465 e. The zero-order valence-corrected chi connectivity index (χ0v) is 9.87. The maximum absolute atomic E-state index is 11.3. The van der Waals surface area contributed by atoms with E-state index in [2.05, 4.69) is 0 Å². The first-order valence-corrected chi connectivity index (χ1v) is 6.16. The van der Waals surface area contributed by atoms with Gasteiger partial charge < -0.3 is 9.84 Å². The number of rotatable bonds is 3. The van der Waals surface area contributed by atoms with Crippen molar-refractivity contribution in [1.29, 1.82) is 0 Å². The average molecular weight is 238 g/mol. The van der Waals surface area contributed by atoms with Gasteiger partial charge in [0, 0.05) is 11.3 Å². The number of benzene rings is 1. The second-order valence-corrected chi connectivity index (χ2v) is 5.08. The summed E-state index contributed by atoms with van der Waals surface area (Å²) in [5, 5.41) is 9.29. The highest BCUT2D eigenvalue weighted by molar-refractivity contribution is 8.00. The van der Waals surface area contributed by atoms with Crippen LogP contribution in [0, 0.1) is 0 Å². The molecule has 0 bridgehead atoms. The van der Waals surface area contributed by atoms with Crippen LogP contribution >= 0.6 is 11.8 Å². The molecule has 0 radical (unpaired) electrons. The lowest BCUT2D eigenvalue weighted by atomic mass is 10.1. The zero-order chi connectivity index (χ0) is 11.5. The van der Waals surface area contributed by atoms with E-state index in [1.54, 1.807) is 6.92 Å². The predicted octanol–water partition coefficient (Wildman–Crippen LogP) is 2.15. The number of carbonyl (C=O) groups is 1. The Kier molecular flexibility index (Phi) is 3.51. The van der Waals surface area contributed by atoms with Gasteiger partial charge in [0.15, 0.2) is 0 Å². The van der Waals surface area contributed by atoms with Crippen molar-refractivity contribution in [2.45, 2.75) is 29.6 Å². The summed E-state index contributed by atoms with van der Waals surface area (Å²) in [4.78, 5) is 12.3. The third kappa shape index (κ3) is 2.57. The number of ether oxygens (including phenoxy) is 1. The van der Waals surface area contributed by atoms with Gasteiger partial charge in [-0.3, -0.25) is 4.79 Å². The average Bonchev–Trinajstić information content (AvgIpc) is 2.65. The fourth-order valence-electron chi connectivity index (χ4n) is 1.57. The van der Waals surface area contributed by atoms with Gasteiger partial charge in [-0.15, -0.1) is 11.8 Å². The van der Waals surface area contributed by atoms with Crippen molar-refractivity contribution < 1.29 is 14.6 Å². The van der Waals surface area contributed by atoms with Crippen molar-refractivity contribution in [2.24, 2.45) is 0 Å². The van der Waals surface area contributed by atoms with Crippen LogP contribution < -0.4 is 0 Å². The maximum atomic E-state index is 11.3. The molecular weight excluding hydrogens is 224 g/mol. The minimum absolute atomic E-state index is 0.0719. The Balaban J connectivity index is 2.02. The molecule has 2 atom stereocenters. The summed E-state index contributed by atoms with van der Waals surface area (Å²) in [6, 6.07) is 7.62. The number of aliphatic hydroxyl groups excluding tert-OH is 1. The van der Waals surface area contributed by atoms with Crippen molar-refractivity contribution in [1.82, 2.24) is 0 Å². The van der Waals surface area contributed by atoms with Crippen LogP contribution in [0.3, 0.4) is 0 Å². The van der Waals surface area contributed by atoms with Gasteiger partial charge in [-0.1, -0.05) is 12.1 Å². The van der Waals surface area contributed by atoms with E-state index in [1.807, 2.05) is 24.3 Å². The molecule has 0 amide bonds. The summed E-state index contributed by atoms with van der Waals surface area (Å²) in [7, 11) is 0. The van der Waals surface area contributed by atoms with Crippen LogP contribution in [-0.2, 0) is 9.53 Å². The summed E-state index contributed by atoms with van der Waals surface area (Å²) in [5.41, 5.74) is 0.887. The lowest BCUT2D eigenvalue weighted by molar-refractivity contribution is -0.137. The molecule has 1 aromatic rings. The number of carbonyl (C=O) groups excluding carboxylic acids is 1. The Hall–Kier alpha value is -1.00. The monoisotopic (exact) mass is 238 g/mol. The van der Waals surface area contributed by atoms with E-state index in [9.17, 15) is 9.90 Å². The first-order valence-electron chi connectivity index (χ1n) is 5.28. The third-order valence-electron chi connectivity index (χ3n) is 2.53. The Bertz CT molecular complexity index is 372. The highest BCUT2D eigenvalue weighted by atomic mass is 32.2. The van der Waals surface area contributed by atoms with Crippen LogP contribution in [0.5, 0.6) is 0 Å². The SMILES string of the molecule is C[C@H](O)c1ccc(S[C@H]2CCOC2=O)cc1. The van der Waals surface area contributed by atoms with Gasteiger partial charge in [-0.25, -0.2) is 0 Å². The highest BCUT2D eigenvalue weighted by Crippen LogP contribution is 2.30. The Morgan fingerprint density at radius 1 is 1.44 bits per heavy atom. The predicted molar refractivity (Wildman–Crippen MR) is 62.3 cm³/mol. The van der Waals surface area contributed by atoms with Crippen LogP contribution in [0.4, 0.5) is 0 Å². The van der Waals surface area contributed by atoms with Crippen LogP contribution in [-0.4, -0.2) is 22.9 Å². The first kappa shape index (κ1) is 11.5. The van der Waals surface area contributed by atoms with Crippen molar-refractivity contribution >= 4 is 17.7 Å². The summed E-state index contributed by atoms with van der Waals surface area (Å²) in [6.45, 7) is 2.26. The lowest BCUT2D eigenvalue weighted by Crippen LogP contribution is -2.09. The molecule has 1 aliphatic rings. The number of hydrogen-bond acceptors (Lipinski definition) is 4. The zero-order valence-electron chi connectivity index (χ0n) is 9.05. The van der Waals surface area contributed by atoms with Gasteiger partial charge >= 0.3 is 5.97 Å². The van der Waals surface area contributed by atoms with E-state index in [0.717, 1.165) is 16.9 Å². The molecule has 86 valence electrons. The van der Waals surface area contributed by atoms with Crippen molar-refractivity contribution in [2.75, 3.05) is 6.61 Å². The highest BCUT2D eigenvalue weighted by Gasteiger charge is 2.27. The summed E-state index contributed by atoms with van der Waals surface area (Å²) >= 11 is 1.52. The van der Waals surface area contributed by atoms with Gasteiger partial charge in [0.25, 0.3) is 0 Å². The van der Waals surface area contributed by atoms with E-state index in [-0.39, 0.29) is 11.2 Å². The number of hydrogen-bond donors (Lipinski definition) is 1. The van der Waals surface area contributed by atoms with Crippen LogP contribution in [0.1, 0.15) is 25.0 Å². The van der Waals surface area contributed by atoms with Crippen molar-refractivity contribution in [3.8, 4) is 0 Å². The topological polar surface area (TPSA) is 46.5 Å². The van der Waals surface area contributed by atoms with Gasteiger partial charge in [0.1, 0.15) is 5.25 Å². The number of thioether (sulfide) groups is 1. The Morgan fingerprint density at radius 2 is 2.12 bits per heavy atom. The molecule has 0 saturated carbocycles.